The number of rotatable bonds is 6. The molecule has 112 valence electrons. The maximum Gasteiger partial charge on any atom is 0.179 e. The van der Waals surface area contributed by atoms with Crippen molar-refractivity contribution in [2.24, 2.45) is 11.8 Å². The van der Waals surface area contributed by atoms with Crippen LogP contribution in [0.5, 0.6) is 11.5 Å². The molecule has 4 heteroatoms. The zero-order chi connectivity index (χ0) is 14.5. The van der Waals surface area contributed by atoms with Crippen molar-refractivity contribution in [2.75, 3.05) is 20.8 Å². The number of benzene rings is 1. The van der Waals surface area contributed by atoms with E-state index in [1.54, 1.807) is 14.2 Å². The average molecular weight is 298 g/mol. The van der Waals surface area contributed by atoms with Gasteiger partial charge in [-0.1, -0.05) is 31.0 Å². The molecule has 1 aliphatic rings. The van der Waals surface area contributed by atoms with Gasteiger partial charge < -0.3 is 14.8 Å². The Balaban J connectivity index is 1.92. The molecule has 0 heterocycles. The molecule has 0 aromatic heterocycles. The van der Waals surface area contributed by atoms with E-state index in [2.05, 4.69) is 12.2 Å². The Morgan fingerprint density at radius 2 is 2.05 bits per heavy atom. The fourth-order valence-electron chi connectivity index (χ4n) is 2.99. The Morgan fingerprint density at radius 1 is 1.25 bits per heavy atom. The summed E-state index contributed by atoms with van der Waals surface area (Å²) in [5.41, 5.74) is 1.05. The van der Waals surface area contributed by atoms with Crippen LogP contribution in [0.25, 0.3) is 0 Å². The van der Waals surface area contributed by atoms with Crippen LogP contribution in [0.15, 0.2) is 12.1 Å². The summed E-state index contributed by atoms with van der Waals surface area (Å²) in [6, 6.07) is 3.90. The van der Waals surface area contributed by atoms with Gasteiger partial charge in [-0.05, 0) is 42.9 Å². The molecule has 20 heavy (non-hydrogen) atoms. The molecule has 1 aromatic carbocycles. The Morgan fingerprint density at radius 3 is 2.65 bits per heavy atom. The fraction of sp³-hybridized carbons (Fsp3) is 0.625. The number of halogens is 1. The quantitative estimate of drug-likeness (QED) is 0.864. The Kier molecular flexibility index (Phi) is 5.55. The molecule has 2 rings (SSSR count). The second kappa shape index (κ2) is 7.19. The molecule has 1 N–H and O–H groups in total. The van der Waals surface area contributed by atoms with Gasteiger partial charge in [0, 0.05) is 6.54 Å². The van der Waals surface area contributed by atoms with Gasteiger partial charge in [-0.3, -0.25) is 0 Å². The first kappa shape index (κ1) is 15.5. The van der Waals surface area contributed by atoms with Crippen LogP contribution in [0.4, 0.5) is 0 Å². The number of hydrogen-bond acceptors (Lipinski definition) is 3. The molecule has 0 spiro atoms. The van der Waals surface area contributed by atoms with Crippen LogP contribution >= 0.6 is 11.6 Å². The van der Waals surface area contributed by atoms with Gasteiger partial charge in [-0.2, -0.15) is 0 Å². The zero-order valence-electron chi connectivity index (χ0n) is 12.5. The zero-order valence-corrected chi connectivity index (χ0v) is 13.3. The summed E-state index contributed by atoms with van der Waals surface area (Å²) >= 11 is 6.37. The van der Waals surface area contributed by atoms with Gasteiger partial charge >= 0.3 is 0 Å². The highest BCUT2D eigenvalue weighted by molar-refractivity contribution is 6.33. The number of ether oxygens (including phenoxy) is 2. The average Bonchev–Trinajstić information content (AvgIpc) is 2.86. The van der Waals surface area contributed by atoms with Crippen molar-refractivity contribution >= 4 is 11.6 Å². The third-order valence-corrected chi connectivity index (χ3v) is 4.53. The van der Waals surface area contributed by atoms with Gasteiger partial charge in [0.1, 0.15) is 0 Å². The molecule has 0 amide bonds. The van der Waals surface area contributed by atoms with Crippen LogP contribution in [-0.4, -0.2) is 20.8 Å². The minimum Gasteiger partial charge on any atom is -0.493 e. The Hall–Kier alpha value is -0.930. The van der Waals surface area contributed by atoms with Crippen LogP contribution < -0.4 is 14.8 Å². The minimum atomic E-state index is 0.614. The lowest BCUT2D eigenvalue weighted by Crippen LogP contribution is -2.21. The first-order valence-corrected chi connectivity index (χ1v) is 7.63. The Labute approximate surface area is 126 Å². The standard InChI is InChI=1S/C16H24ClNO2/c1-11-4-5-12(8-11)9-18-10-13-6-7-14(19-2)16(20-3)15(13)17/h6-7,11-12,18H,4-5,8-10H2,1-3H3. The van der Waals surface area contributed by atoms with E-state index >= 15 is 0 Å². The molecule has 1 aromatic rings. The molecular formula is C16H24ClNO2. The van der Waals surface area contributed by atoms with Crippen LogP contribution in [0.2, 0.25) is 5.02 Å². The van der Waals surface area contributed by atoms with E-state index in [0.717, 1.165) is 30.5 Å². The smallest absolute Gasteiger partial charge is 0.179 e. The van der Waals surface area contributed by atoms with Crippen molar-refractivity contribution in [1.29, 1.82) is 0 Å². The Bertz CT molecular complexity index is 450. The fourth-order valence-corrected chi connectivity index (χ4v) is 3.29. The lowest BCUT2D eigenvalue weighted by Gasteiger charge is -2.15. The van der Waals surface area contributed by atoms with Crippen LogP contribution in [0.3, 0.4) is 0 Å². The summed E-state index contributed by atoms with van der Waals surface area (Å²) in [6.07, 6.45) is 4.05. The first-order chi connectivity index (χ1) is 9.65. The maximum atomic E-state index is 6.37. The van der Waals surface area contributed by atoms with Gasteiger partial charge in [-0.15, -0.1) is 0 Å². The molecule has 0 radical (unpaired) electrons. The van der Waals surface area contributed by atoms with Crippen molar-refractivity contribution < 1.29 is 9.47 Å². The van der Waals surface area contributed by atoms with Gasteiger partial charge in [0.05, 0.1) is 19.2 Å². The molecule has 0 saturated heterocycles. The second-order valence-electron chi connectivity index (χ2n) is 5.69. The largest absolute Gasteiger partial charge is 0.493 e. The monoisotopic (exact) mass is 297 g/mol. The normalized spacial score (nSPS) is 22.0. The third-order valence-electron chi connectivity index (χ3n) is 4.12. The van der Waals surface area contributed by atoms with E-state index in [4.69, 9.17) is 21.1 Å². The van der Waals surface area contributed by atoms with Gasteiger partial charge in [0.25, 0.3) is 0 Å². The van der Waals surface area contributed by atoms with Crippen molar-refractivity contribution in [3.8, 4) is 11.5 Å². The van der Waals surface area contributed by atoms with Crippen LogP contribution in [-0.2, 0) is 6.54 Å². The van der Waals surface area contributed by atoms with E-state index in [-0.39, 0.29) is 0 Å². The van der Waals surface area contributed by atoms with E-state index in [0.29, 0.717) is 16.5 Å². The molecule has 2 atom stereocenters. The summed E-state index contributed by atoms with van der Waals surface area (Å²) in [5.74, 6) is 2.98. The highest BCUT2D eigenvalue weighted by atomic mass is 35.5. The molecule has 3 nitrogen and oxygen atoms in total. The maximum absolute atomic E-state index is 6.37. The summed E-state index contributed by atoms with van der Waals surface area (Å²) in [4.78, 5) is 0. The van der Waals surface area contributed by atoms with Crippen LogP contribution in [0, 0.1) is 11.8 Å². The van der Waals surface area contributed by atoms with E-state index in [1.165, 1.54) is 19.3 Å². The summed E-state index contributed by atoms with van der Waals surface area (Å²) in [7, 11) is 3.23. The highest BCUT2D eigenvalue weighted by Crippen LogP contribution is 2.37. The van der Waals surface area contributed by atoms with E-state index in [1.807, 2.05) is 12.1 Å². The molecule has 1 saturated carbocycles. The summed E-state index contributed by atoms with van der Waals surface area (Å²) in [5, 5.41) is 4.15. The summed E-state index contributed by atoms with van der Waals surface area (Å²) < 4.78 is 10.6. The van der Waals surface area contributed by atoms with E-state index < -0.39 is 0 Å². The van der Waals surface area contributed by atoms with Crippen molar-refractivity contribution in [1.82, 2.24) is 5.32 Å². The predicted molar refractivity (Wildman–Crippen MR) is 82.8 cm³/mol. The SMILES string of the molecule is COc1ccc(CNCC2CCC(C)C2)c(Cl)c1OC. The third kappa shape index (κ3) is 3.58. The lowest BCUT2D eigenvalue weighted by molar-refractivity contribution is 0.354. The van der Waals surface area contributed by atoms with Crippen molar-refractivity contribution in [3.63, 3.8) is 0 Å². The van der Waals surface area contributed by atoms with Gasteiger partial charge in [-0.25, -0.2) is 0 Å². The molecule has 1 aliphatic carbocycles. The number of hydrogen-bond donors (Lipinski definition) is 1. The topological polar surface area (TPSA) is 30.5 Å². The molecule has 0 bridgehead atoms. The highest BCUT2D eigenvalue weighted by Gasteiger charge is 2.21. The molecule has 0 aliphatic heterocycles. The predicted octanol–water partition coefficient (Wildman–Crippen LogP) is 3.88. The molecular weight excluding hydrogens is 274 g/mol. The van der Waals surface area contributed by atoms with Crippen LogP contribution in [0.1, 0.15) is 31.7 Å². The lowest BCUT2D eigenvalue weighted by atomic mass is 10.1. The summed E-state index contributed by atoms with van der Waals surface area (Å²) in [6.45, 7) is 4.17. The van der Waals surface area contributed by atoms with Gasteiger partial charge in [0.2, 0.25) is 0 Å². The first-order valence-electron chi connectivity index (χ1n) is 7.25. The number of methoxy groups -OCH3 is 2. The van der Waals surface area contributed by atoms with Crippen molar-refractivity contribution in [2.45, 2.75) is 32.7 Å². The molecule has 1 fully saturated rings. The van der Waals surface area contributed by atoms with Gasteiger partial charge in [0.15, 0.2) is 11.5 Å². The second-order valence-corrected chi connectivity index (χ2v) is 6.07. The molecule has 2 unspecified atom stereocenters. The minimum absolute atomic E-state index is 0.614. The van der Waals surface area contributed by atoms with E-state index in [9.17, 15) is 0 Å². The number of nitrogens with one attached hydrogen (secondary N) is 1. The van der Waals surface area contributed by atoms with Crippen molar-refractivity contribution in [3.05, 3.63) is 22.7 Å².